The molecular weight excluding hydrogens is 398 g/mol. The molecule has 0 aliphatic heterocycles. The molecule has 1 N–H and O–H groups in total. The van der Waals surface area contributed by atoms with Gasteiger partial charge in [-0.15, -0.1) is 0 Å². The summed E-state index contributed by atoms with van der Waals surface area (Å²) in [4.78, 5) is 23.3. The van der Waals surface area contributed by atoms with Gasteiger partial charge in [-0.05, 0) is 43.7 Å². The average Bonchev–Trinajstić information content (AvgIpc) is 2.80. The zero-order chi connectivity index (χ0) is 23.3. The number of carbonyl (C=O) groups excluding carboxylic acids is 2. The van der Waals surface area contributed by atoms with Gasteiger partial charge in [0.15, 0.2) is 5.78 Å². The van der Waals surface area contributed by atoms with Crippen molar-refractivity contribution in [2.24, 2.45) is 0 Å². The number of anilines is 1. The molecule has 32 heavy (non-hydrogen) atoms. The predicted octanol–water partition coefficient (Wildman–Crippen LogP) is 7.88. The summed E-state index contributed by atoms with van der Waals surface area (Å²) >= 11 is 0. The topological polar surface area (TPSA) is 55.4 Å². The van der Waals surface area contributed by atoms with Crippen LogP contribution in [0.3, 0.4) is 0 Å². The summed E-state index contributed by atoms with van der Waals surface area (Å²) in [6.07, 6.45) is 21.6. The second kappa shape index (κ2) is 19.6. The average molecular weight is 444 g/mol. The van der Waals surface area contributed by atoms with E-state index >= 15 is 0 Å². The van der Waals surface area contributed by atoms with Crippen LogP contribution in [-0.4, -0.2) is 24.9 Å². The molecule has 180 valence electrons. The summed E-state index contributed by atoms with van der Waals surface area (Å²) < 4.78 is 4.78. The van der Waals surface area contributed by atoms with Crippen LogP contribution in [0.25, 0.3) is 0 Å². The molecule has 0 saturated heterocycles. The maximum atomic E-state index is 12.1. The molecule has 0 unspecified atom stereocenters. The Hall–Kier alpha value is -2.10. The van der Waals surface area contributed by atoms with E-state index in [1.165, 1.54) is 102 Å². The van der Waals surface area contributed by atoms with Crippen LogP contribution in [0.5, 0.6) is 0 Å². The number of ether oxygens (including phenoxy) is 1. The highest BCUT2D eigenvalue weighted by Crippen LogP contribution is 2.14. The number of ketones is 1. The fourth-order valence-corrected chi connectivity index (χ4v) is 3.73. The van der Waals surface area contributed by atoms with Gasteiger partial charge in [-0.1, -0.05) is 90.4 Å². The molecule has 0 bridgehead atoms. The lowest BCUT2D eigenvalue weighted by Gasteiger charge is -2.07. The van der Waals surface area contributed by atoms with Gasteiger partial charge in [0.25, 0.3) is 0 Å². The number of carbonyl (C=O) groups is 2. The van der Waals surface area contributed by atoms with Crippen molar-refractivity contribution in [1.29, 1.82) is 0 Å². The van der Waals surface area contributed by atoms with Crippen molar-refractivity contribution in [3.05, 3.63) is 42.0 Å². The standard InChI is InChI=1S/C28H45NO3/c1-3-5-6-7-8-9-10-11-12-13-14-15-16-17-24-29-26-20-18-25(19-21-26)27(30)22-23-28(31)32-4-2/h18-23,29H,3-17,24H2,1-2H3/b23-22+. The van der Waals surface area contributed by atoms with Crippen LogP contribution in [-0.2, 0) is 9.53 Å². The summed E-state index contributed by atoms with van der Waals surface area (Å²) in [5.74, 6) is -0.691. The molecule has 0 atom stereocenters. The van der Waals surface area contributed by atoms with Gasteiger partial charge in [0.1, 0.15) is 0 Å². The Morgan fingerprint density at radius 3 is 1.72 bits per heavy atom. The Kier molecular flexibility index (Phi) is 17.1. The Balaban J connectivity index is 2.00. The second-order valence-corrected chi connectivity index (χ2v) is 8.55. The van der Waals surface area contributed by atoms with Gasteiger partial charge in [0.2, 0.25) is 0 Å². The van der Waals surface area contributed by atoms with Gasteiger partial charge >= 0.3 is 5.97 Å². The van der Waals surface area contributed by atoms with Crippen molar-refractivity contribution in [2.75, 3.05) is 18.5 Å². The summed E-state index contributed by atoms with van der Waals surface area (Å²) in [5, 5.41) is 3.42. The normalized spacial score (nSPS) is 11.1. The highest BCUT2D eigenvalue weighted by Gasteiger charge is 2.03. The molecular formula is C28H45NO3. The zero-order valence-electron chi connectivity index (χ0n) is 20.5. The van der Waals surface area contributed by atoms with E-state index in [1.807, 2.05) is 12.1 Å². The number of rotatable bonds is 20. The van der Waals surface area contributed by atoms with Crippen molar-refractivity contribution in [1.82, 2.24) is 0 Å². The van der Waals surface area contributed by atoms with Crippen LogP contribution in [0, 0.1) is 0 Å². The van der Waals surface area contributed by atoms with E-state index in [1.54, 1.807) is 19.1 Å². The summed E-state index contributed by atoms with van der Waals surface area (Å²) in [6.45, 7) is 5.26. The SMILES string of the molecule is CCCCCCCCCCCCCCCCNc1ccc(C(=O)/C=C/C(=O)OCC)cc1. The van der Waals surface area contributed by atoms with Gasteiger partial charge in [-0.25, -0.2) is 4.79 Å². The van der Waals surface area contributed by atoms with Crippen LogP contribution in [0.1, 0.15) is 114 Å². The van der Waals surface area contributed by atoms with E-state index in [4.69, 9.17) is 4.74 Å². The first-order valence-corrected chi connectivity index (χ1v) is 12.9. The second-order valence-electron chi connectivity index (χ2n) is 8.55. The monoisotopic (exact) mass is 443 g/mol. The molecule has 0 spiro atoms. The molecule has 4 heteroatoms. The Bertz CT molecular complexity index is 637. The maximum Gasteiger partial charge on any atom is 0.330 e. The number of benzene rings is 1. The Morgan fingerprint density at radius 2 is 1.22 bits per heavy atom. The molecule has 1 aromatic rings. The molecule has 0 aromatic heterocycles. The van der Waals surface area contributed by atoms with E-state index in [0.717, 1.165) is 12.2 Å². The van der Waals surface area contributed by atoms with Crippen LogP contribution in [0.15, 0.2) is 36.4 Å². The highest BCUT2D eigenvalue weighted by molar-refractivity contribution is 6.07. The van der Waals surface area contributed by atoms with Crippen LogP contribution < -0.4 is 5.32 Å². The maximum absolute atomic E-state index is 12.1. The third-order valence-electron chi connectivity index (χ3n) is 5.69. The van der Waals surface area contributed by atoms with Crippen molar-refractivity contribution in [3.63, 3.8) is 0 Å². The molecule has 0 heterocycles. The Labute approximate surface area is 196 Å². The van der Waals surface area contributed by atoms with Gasteiger partial charge < -0.3 is 10.1 Å². The number of esters is 1. The van der Waals surface area contributed by atoms with Crippen molar-refractivity contribution in [3.8, 4) is 0 Å². The zero-order valence-corrected chi connectivity index (χ0v) is 20.5. The molecule has 0 saturated carbocycles. The quantitative estimate of drug-likeness (QED) is 0.0963. The van der Waals surface area contributed by atoms with Crippen LogP contribution in [0.2, 0.25) is 0 Å². The third-order valence-corrected chi connectivity index (χ3v) is 5.69. The minimum atomic E-state index is -0.493. The largest absolute Gasteiger partial charge is 0.463 e. The van der Waals surface area contributed by atoms with E-state index in [0.29, 0.717) is 12.2 Å². The number of hydrogen-bond acceptors (Lipinski definition) is 4. The summed E-state index contributed by atoms with van der Waals surface area (Å²) in [5.41, 5.74) is 1.58. The van der Waals surface area contributed by atoms with E-state index in [-0.39, 0.29) is 5.78 Å². The van der Waals surface area contributed by atoms with E-state index in [9.17, 15) is 9.59 Å². The minimum absolute atomic E-state index is 0.198. The fraction of sp³-hybridized carbons (Fsp3) is 0.643. The molecule has 0 amide bonds. The van der Waals surface area contributed by atoms with Crippen molar-refractivity contribution >= 4 is 17.4 Å². The number of hydrogen-bond donors (Lipinski definition) is 1. The number of allylic oxidation sites excluding steroid dienone is 1. The first kappa shape index (κ1) is 27.9. The number of nitrogens with one attached hydrogen (secondary N) is 1. The molecule has 0 aliphatic rings. The molecule has 0 fully saturated rings. The summed E-state index contributed by atoms with van der Waals surface area (Å²) in [6, 6.07) is 7.39. The van der Waals surface area contributed by atoms with E-state index in [2.05, 4.69) is 12.2 Å². The van der Waals surface area contributed by atoms with E-state index < -0.39 is 5.97 Å². The lowest BCUT2D eigenvalue weighted by atomic mass is 10.0. The lowest BCUT2D eigenvalue weighted by Crippen LogP contribution is -2.03. The fourth-order valence-electron chi connectivity index (χ4n) is 3.73. The molecule has 1 rings (SSSR count). The summed E-state index contributed by atoms with van der Waals surface area (Å²) in [7, 11) is 0. The smallest absolute Gasteiger partial charge is 0.330 e. The Morgan fingerprint density at radius 1 is 0.719 bits per heavy atom. The first-order valence-electron chi connectivity index (χ1n) is 12.9. The molecule has 1 aromatic carbocycles. The number of unbranched alkanes of at least 4 members (excludes halogenated alkanes) is 13. The van der Waals surface area contributed by atoms with Gasteiger partial charge in [0.05, 0.1) is 6.61 Å². The first-order chi connectivity index (χ1) is 15.7. The third kappa shape index (κ3) is 14.8. The highest BCUT2D eigenvalue weighted by atomic mass is 16.5. The minimum Gasteiger partial charge on any atom is -0.463 e. The predicted molar refractivity (Wildman–Crippen MR) is 135 cm³/mol. The van der Waals surface area contributed by atoms with Gasteiger partial charge in [0, 0.05) is 23.9 Å². The van der Waals surface area contributed by atoms with Crippen LogP contribution >= 0.6 is 0 Å². The lowest BCUT2D eigenvalue weighted by molar-refractivity contribution is -0.137. The van der Waals surface area contributed by atoms with Gasteiger partial charge in [-0.3, -0.25) is 4.79 Å². The van der Waals surface area contributed by atoms with Crippen molar-refractivity contribution < 1.29 is 14.3 Å². The van der Waals surface area contributed by atoms with Crippen LogP contribution in [0.4, 0.5) is 5.69 Å². The van der Waals surface area contributed by atoms with Gasteiger partial charge in [-0.2, -0.15) is 0 Å². The molecule has 0 radical (unpaired) electrons. The molecule has 0 aliphatic carbocycles. The van der Waals surface area contributed by atoms with Crippen molar-refractivity contribution in [2.45, 2.75) is 104 Å². The molecule has 4 nitrogen and oxygen atoms in total.